The van der Waals surface area contributed by atoms with E-state index in [4.69, 9.17) is 22.1 Å². The molecule has 1 aromatic heterocycles. The number of sulfonamides is 1. The molecular formula is C12H12ClN3O3S. The smallest absolute Gasteiger partial charge is 0.281 e. The van der Waals surface area contributed by atoms with Crippen molar-refractivity contribution in [2.75, 3.05) is 17.6 Å². The SMILES string of the molecule is COc1cc(NS(=O)(=O)c2ncccc2N)ccc1Cl. The van der Waals surface area contributed by atoms with Crippen LogP contribution in [-0.4, -0.2) is 20.5 Å². The van der Waals surface area contributed by atoms with Crippen LogP contribution in [0.1, 0.15) is 0 Å². The molecule has 0 saturated carbocycles. The van der Waals surface area contributed by atoms with Gasteiger partial charge in [-0.2, -0.15) is 8.42 Å². The molecular weight excluding hydrogens is 302 g/mol. The monoisotopic (exact) mass is 313 g/mol. The maximum atomic E-state index is 12.2. The summed E-state index contributed by atoms with van der Waals surface area (Å²) in [7, 11) is -2.43. The fourth-order valence-electron chi connectivity index (χ4n) is 1.55. The minimum Gasteiger partial charge on any atom is -0.495 e. The van der Waals surface area contributed by atoms with Crippen molar-refractivity contribution in [3.63, 3.8) is 0 Å². The van der Waals surface area contributed by atoms with E-state index in [-0.39, 0.29) is 10.7 Å². The molecule has 0 radical (unpaired) electrons. The summed E-state index contributed by atoms with van der Waals surface area (Å²) in [5.41, 5.74) is 5.99. The van der Waals surface area contributed by atoms with Gasteiger partial charge in [0.15, 0.2) is 5.03 Å². The summed E-state index contributed by atoms with van der Waals surface area (Å²) in [5, 5.41) is 0.154. The summed E-state index contributed by atoms with van der Waals surface area (Å²) < 4.78 is 31.7. The van der Waals surface area contributed by atoms with Gasteiger partial charge in [-0.05, 0) is 24.3 Å². The average molecular weight is 314 g/mol. The molecule has 0 aliphatic carbocycles. The highest BCUT2D eigenvalue weighted by molar-refractivity contribution is 7.92. The van der Waals surface area contributed by atoms with Crippen LogP contribution in [0.3, 0.4) is 0 Å². The third kappa shape index (κ3) is 2.94. The highest BCUT2D eigenvalue weighted by Crippen LogP contribution is 2.28. The number of hydrogen-bond donors (Lipinski definition) is 2. The van der Waals surface area contributed by atoms with Crippen LogP contribution in [0.15, 0.2) is 41.6 Å². The largest absolute Gasteiger partial charge is 0.495 e. The Kier molecular flexibility index (Phi) is 4.01. The first-order chi connectivity index (χ1) is 9.44. The summed E-state index contributed by atoms with van der Waals surface area (Å²) in [5.74, 6) is 0.362. The topological polar surface area (TPSA) is 94.3 Å². The van der Waals surface area contributed by atoms with E-state index in [0.29, 0.717) is 16.5 Å². The van der Waals surface area contributed by atoms with Crippen molar-refractivity contribution in [2.24, 2.45) is 0 Å². The molecule has 3 N–H and O–H groups in total. The number of rotatable bonds is 4. The Morgan fingerprint density at radius 2 is 2.10 bits per heavy atom. The first-order valence-electron chi connectivity index (χ1n) is 5.51. The molecule has 1 heterocycles. The maximum Gasteiger partial charge on any atom is 0.281 e. The fraction of sp³-hybridized carbons (Fsp3) is 0.0833. The van der Waals surface area contributed by atoms with Gasteiger partial charge in [0.2, 0.25) is 0 Å². The van der Waals surface area contributed by atoms with Gasteiger partial charge in [0, 0.05) is 12.3 Å². The van der Waals surface area contributed by atoms with Crippen LogP contribution in [0, 0.1) is 0 Å². The van der Waals surface area contributed by atoms with Gasteiger partial charge in [-0.15, -0.1) is 0 Å². The zero-order valence-corrected chi connectivity index (χ0v) is 12.1. The average Bonchev–Trinajstić information content (AvgIpc) is 2.41. The molecule has 0 atom stereocenters. The number of hydrogen-bond acceptors (Lipinski definition) is 5. The predicted molar refractivity (Wildman–Crippen MR) is 77.5 cm³/mol. The van der Waals surface area contributed by atoms with Gasteiger partial charge in [0.05, 0.1) is 23.5 Å². The number of methoxy groups -OCH3 is 1. The Bertz CT molecular complexity index is 734. The lowest BCUT2D eigenvalue weighted by atomic mass is 10.3. The second kappa shape index (κ2) is 5.56. The van der Waals surface area contributed by atoms with Crippen LogP contribution < -0.4 is 15.2 Å². The Morgan fingerprint density at radius 1 is 1.35 bits per heavy atom. The molecule has 0 aliphatic heterocycles. The molecule has 6 nitrogen and oxygen atoms in total. The van der Waals surface area contributed by atoms with E-state index in [1.54, 1.807) is 6.07 Å². The van der Waals surface area contributed by atoms with Crippen molar-refractivity contribution in [1.29, 1.82) is 0 Å². The number of nitrogens with two attached hydrogens (primary N) is 1. The zero-order chi connectivity index (χ0) is 14.8. The van der Waals surface area contributed by atoms with Gasteiger partial charge in [-0.3, -0.25) is 4.72 Å². The highest BCUT2D eigenvalue weighted by atomic mass is 35.5. The van der Waals surface area contributed by atoms with Crippen LogP contribution in [0.25, 0.3) is 0 Å². The fourth-order valence-corrected chi connectivity index (χ4v) is 2.86. The first-order valence-corrected chi connectivity index (χ1v) is 7.37. The lowest BCUT2D eigenvalue weighted by Crippen LogP contribution is -2.16. The second-order valence-corrected chi connectivity index (χ2v) is 5.86. The van der Waals surface area contributed by atoms with Crippen LogP contribution in [0.4, 0.5) is 11.4 Å². The van der Waals surface area contributed by atoms with Gasteiger partial charge in [-0.1, -0.05) is 11.6 Å². The van der Waals surface area contributed by atoms with Gasteiger partial charge >= 0.3 is 0 Å². The van der Waals surface area contributed by atoms with Crippen molar-refractivity contribution >= 4 is 33.0 Å². The number of pyridine rings is 1. The molecule has 0 fully saturated rings. The third-order valence-electron chi connectivity index (χ3n) is 2.46. The van der Waals surface area contributed by atoms with E-state index in [2.05, 4.69) is 9.71 Å². The van der Waals surface area contributed by atoms with Crippen LogP contribution in [-0.2, 0) is 10.0 Å². The van der Waals surface area contributed by atoms with Crippen molar-refractivity contribution in [3.8, 4) is 5.75 Å². The molecule has 1 aromatic carbocycles. The molecule has 0 amide bonds. The second-order valence-electron chi connectivity index (χ2n) is 3.85. The quantitative estimate of drug-likeness (QED) is 0.901. The Morgan fingerprint density at radius 3 is 2.75 bits per heavy atom. The summed E-state index contributed by atoms with van der Waals surface area (Å²) in [6.45, 7) is 0. The number of ether oxygens (including phenoxy) is 1. The summed E-state index contributed by atoms with van der Waals surface area (Å²) in [6.07, 6.45) is 1.35. The molecule has 2 rings (SSSR count). The van der Waals surface area contributed by atoms with E-state index in [1.807, 2.05) is 0 Å². The number of nitrogens with one attached hydrogen (secondary N) is 1. The number of benzene rings is 1. The minimum absolute atomic E-state index is 0.0703. The molecule has 0 saturated heterocycles. The first kappa shape index (κ1) is 14.4. The highest BCUT2D eigenvalue weighted by Gasteiger charge is 2.19. The molecule has 8 heteroatoms. The minimum atomic E-state index is -3.87. The molecule has 2 aromatic rings. The van der Waals surface area contributed by atoms with Crippen molar-refractivity contribution < 1.29 is 13.2 Å². The van der Waals surface area contributed by atoms with E-state index >= 15 is 0 Å². The van der Waals surface area contributed by atoms with Crippen molar-refractivity contribution in [3.05, 3.63) is 41.6 Å². The van der Waals surface area contributed by atoms with Crippen LogP contribution in [0.2, 0.25) is 5.02 Å². The van der Waals surface area contributed by atoms with E-state index in [9.17, 15) is 8.42 Å². The van der Waals surface area contributed by atoms with E-state index in [0.717, 1.165) is 0 Å². The van der Waals surface area contributed by atoms with Crippen LogP contribution in [0.5, 0.6) is 5.75 Å². The number of halogens is 1. The molecule has 0 aliphatic rings. The third-order valence-corrected chi connectivity index (χ3v) is 4.13. The van der Waals surface area contributed by atoms with Gasteiger partial charge in [-0.25, -0.2) is 4.98 Å². The van der Waals surface area contributed by atoms with E-state index in [1.165, 1.54) is 37.6 Å². The lowest BCUT2D eigenvalue weighted by molar-refractivity contribution is 0.415. The predicted octanol–water partition coefficient (Wildman–Crippen LogP) is 2.13. The maximum absolute atomic E-state index is 12.2. The Hall–Kier alpha value is -1.99. The molecule has 0 spiro atoms. The van der Waals surface area contributed by atoms with Crippen molar-refractivity contribution in [1.82, 2.24) is 4.98 Å². The van der Waals surface area contributed by atoms with Crippen LogP contribution >= 0.6 is 11.6 Å². The van der Waals surface area contributed by atoms with E-state index < -0.39 is 10.0 Å². The van der Waals surface area contributed by atoms with Gasteiger partial charge in [0.1, 0.15) is 5.75 Å². The molecule has 106 valence electrons. The Balaban J connectivity index is 2.36. The molecule has 20 heavy (non-hydrogen) atoms. The number of nitrogens with zero attached hydrogens (tertiary/aromatic N) is 1. The normalized spacial score (nSPS) is 11.1. The van der Waals surface area contributed by atoms with Gasteiger partial charge in [0.25, 0.3) is 10.0 Å². The Labute approximate surface area is 121 Å². The lowest BCUT2D eigenvalue weighted by Gasteiger charge is -2.10. The number of aromatic nitrogens is 1. The van der Waals surface area contributed by atoms with Gasteiger partial charge < -0.3 is 10.5 Å². The number of nitrogen functional groups attached to an aromatic ring is 1. The summed E-state index contributed by atoms with van der Waals surface area (Å²) in [4.78, 5) is 3.77. The standard InChI is InChI=1S/C12H12ClN3O3S/c1-19-11-7-8(4-5-9(11)13)16-20(17,18)12-10(14)3-2-6-15-12/h2-7,16H,14H2,1H3. The number of anilines is 2. The van der Waals surface area contributed by atoms with Crippen molar-refractivity contribution in [2.45, 2.75) is 5.03 Å². The summed E-state index contributed by atoms with van der Waals surface area (Å²) in [6, 6.07) is 7.53. The molecule has 0 unspecified atom stereocenters. The molecule has 0 bridgehead atoms. The summed E-state index contributed by atoms with van der Waals surface area (Å²) >= 11 is 5.88. The zero-order valence-electron chi connectivity index (χ0n) is 10.5.